The molecular weight excluding hydrogens is 246 g/mol. The van der Waals surface area contributed by atoms with Crippen LogP contribution in [0.15, 0.2) is 29.2 Å². The molecule has 4 nitrogen and oxygen atoms in total. The van der Waals surface area contributed by atoms with Crippen molar-refractivity contribution in [3.05, 3.63) is 34.8 Å². The highest BCUT2D eigenvalue weighted by atomic mass is 32.1. The lowest BCUT2D eigenvalue weighted by Gasteiger charge is -2.18. The lowest BCUT2D eigenvalue weighted by Crippen LogP contribution is -2.20. The number of ether oxygens (including phenoxy) is 1. The fraction of sp³-hybridized carbons (Fsp3) is 0.385. The maximum Gasteiger partial charge on any atom is 0.257 e. The molecule has 0 bridgehead atoms. The summed E-state index contributed by atoms with van der Waals surface area (Å²) < 4.78 is 5.79. The molecule has 0 radical (unpaired) electrons. The minimum atomic E-state index is 0.559. The molecule has 2 aromatic heterocycles. The van der Waals surface area contributed by atoms with Crippen LogP contribution in [0.4, 0.5) is 5.82 Å². The summed E-state index contributed by atoms with van der Waals surface area (Å²) in [5.74, 6) is 1.52. The maximum absolute atomic E-state index is 5.79. The average molecular weight is 261 g/mol. The summed E-state index contributed by atoms with van der Waals surface area (Å²) in [6, 6.07) is 2.07. The number of hydrogen-bond donors (Lipinski definition) is 0. The molecule has 1 saturated heterocycles. The topological polar surface area (TPSA) is 38.2 Å². The normalized spacial score (nSPS) is 15.0. The van der Waals surface area contributed by atoms with E-state index in [9.17, 15) is 0 Å². The van der Waals surface area contributed by atoms with Gasteiger partial charge in [0.1, 0.15) is 6.61 Å². The molecule has 1 aliphatic rings. The third kappa shape index (κ3) is 2.46. The van der Waals surface area contributed by atoms with Crippen molar-refractivity contribution in [1.82, 2.24) is 9.97 Å². The fourth-order valence-corrected chi connectivity index (χ4v) is 2.75. The molecule has 2 aromatic rings. The molecule has 0 N–H and O–H groups in total. The van der Waals surface area contributed by atoms with Crippen LogP contribution < -0.4 is 9.64 Å². The molecule has 18 heavy (non-hydrogen) atoms. The Bertz CT molecular complexity index is 495. The second kappa shape index (κ2) is 5.35. The van der Waals surface area contributed by atoms with E-state index in [1.807, 2.05) is 0 Å². The lowest BCUT2D eigenvalue weighted by molar-refractivity contribution is 0.293. The van der Waals surface area contributed by atoms with Crippen LogP contribution >= 0.6 is 11.3 Å². The van der Waals surface area contributed by atoms with Crippen LogP contribution in [-0.4, -0.2) is 23.1 Å². The molecule has 3 rings (SSSR count). The summed E-state index contributed by atoms with van der Waals surface area (Å²) in [7, 11) is 0. The number of hydrogen-bond acceptors (Lipinski definition) is 5. The number of anilines is 1. The van der Waals surface area contributed by atoms with Gasteiger partial charge in [-0.2, -0.15) is 11.3 Å². The van der Waals surface area contributed by atoms with Gasteiger partial charge in [0, 0.05) is 31.0 Å². The Hall–Kier alpha value is -1.62. The maximum atomic E-state index is 5.79. The SMILES string of the molecule is c1cnc(N2CCCC2)c(OCc2ccsc2)n1. The molecule has 5 heteroatoms. The van der Waals surface area contributed by atoms with Crippen molar-refractivity contribution in [2.45, 2.75) is 19.4 Å². The summed E-state index contributed by atoms with van der Waals surface area (Å²) >= 11 is 1.68. The smallest absolute Gasteiger partial charge is 0.257 e. The largest absolute Gasteiger partial charge is 0.470 e. The quantitative estimate of drug-likeness (QED) is 0.848. The standard InChI is InChI=1S/C13H15N3OS/c1-2-7-16(6-1)12-13(15-5-4-14-12)17-9-11-3-8-18-10-11/h3-5,8,10H,1-2,6-7,9H2. The Morgan fingerprint density at radius 2 is 2.06 bits per heavy atom. The van der Waals surface area contributed by atoms with Gasteiger partial charge in [-0.15, -0.1) is 0 Å². The second-order valence-corrected chi connectivity index (χ2v) is 5.08. The highest BCUT2D eigenvalue weighted by Crippen LogP contribution is 2.26. The Balaban J connectivity index is 1.74. The van der Waals surface area contributed by atoms with Crippen molar-refractivity contribution >= 4 is 17.2 Å². The Kier molecular flexibility index (Phi) is 3.41. The Morgan fingerprint density at radius 3 is 2.83 bits per heavy atom. The molecule has 0 atom stereocenters. The number of rotatable bonds is 4. The van der Waals surface area contributed by atoms with E-state index in [2.05, 4.69) is 31.7 Å². The third-order valence-electron chi connectivity index (χ3n) is 3.01. The van der Waals surface area contributed by atoms with Gasteiger partial charge in [-0.1, -0.05) is 0 Å². The van der Waals surface area contributed by atoms with Gasteiger partial charge in [-0.05, 0) is 29.7 Å². The van der Waals surface area contributed by atoms with Crippen LogP contribution in [0.5, 0.6) is 5.88 Å². The van der Waals surface area contributed by atoms with Gasteiger partial charge < -0.3 is 9.64 Å². The first-order chi connectivity index (χ1) is 8.93. The first kappa shape index (κ1) is 11.5. The van der Waals surface area contributed by atoms with Crippen molar-refractivity contribution < 1.29 is 4.74 Å². The third-order valence-corrected chi connectivity index (χ3v) is 3.74. The van der Waals surface area contributed by atoms with E-state index in [-0.39, 0.29) is 0 Å². The van der Waals surface area contributed by atoms with Crippen molar-refractivity contribution in [3.63, 3.8) is 0 Å². The molecule has 94 valence electrons. The molecule has 0 spiro atoms. The van der Waals surface area contributed by atoms with E-state index in [4.69, 9.17) is 4.74 Å². The number of nitrogens with zero attached hydrogens (tertiary/aromatic N) is 3. The summed E-state index contributed by atoms with van der Waals surface area (Å²) in [6.07, 6.45) is 5.86. The van der Waals surface area contributed by atoms with Crippen molar-refractivity contribution in [2.24, 2.45) is 0 Å². The first-order valence-electron chi connectivity index (χ1n) is 6.13. The predicted molar refractivity (Wildman–Crippen MR) is 72.1 cm³/mol. The van der Waals surface area contributed by atoms with Crippen LogP contribution in [-0.2, 0) is 6.61 Å². The first-order valence-corrected chi connectivity index (χ1v) is 7.07. The summed E-state index contributed by atoms with van der Waals surface area (Å²) in [6.45, 7) is 2.66. The average Bonchev–Trinajstić information content (AvgIpc) is 3.10. The van der Waals surface area contributed by atoms with Gasteiger partial charge in [0.15, 0.2) is 5.82 Å². The molecule has 0 aromatic carbocycles. The molecule has 3 heterocycles. The van der Waals surface area contributed by atoms with Gasteiger partial charge in [-0.25, -0.2) is 9.97 Å². The van der Waals surface area contributed by atoms with Gasteiger partial charge in [0.25, 0.3) is 5.88 Å². The lowest BCUT2D eigenvalue weighted by atomic mass is 10.4. The van der Waals surface area contributed by atoms with Crippen LogP contribution in [0, 0.1) is 0 Å². The second-order valence-electron chi connectivity index (χ2n) is 4.30. The molecular formula is C13H15N3OS. The van der Waals surface area contributed by atoms with Gasteiger partial charge >= 0.3 is 0 Å². The predicted octanol–water partition coefficient (Wildman–Crippen LogP) is 2.72. The molecule has 0 aliphatic carbocycles. The zero-order valence-corrected chi connectivity index (χ0v) is 10.9. The Morgan fingerprint density at radius 1 is 1.22 bits per heavy atom. The van der Waals surface area contributed by atoms with E-state index >= 15 is 0 Å². The fourth-order valence-electron chi connectivity index (χ4n) is 2.09. The van der Waals surface area contributed by atoms with Crippen molar-refractivity contribution in [2.75, 3.05) is 18.0 Å². The van der Waals surface area contributed by atoms with Crippen molar-refractivity contribution in [3.8, 4) is 5.88 Å². The number of aromatic nitrogens is 2. The molecule has 1 aliphatic heterocycles. The highest BCUT2D eigenvalue weighted by Gasteiger charge is 2.18. The van der Waals surface area contributed by atoms with Gasteiger partial charge in [-0.3, -0.25) is 0 Å². The van der Waals surface area contributed by atoms with Crippen molar-refractivity contribution in [1.29, 1.82) is 0 Å². The summed E-state index contributed by atoms with van der Waals surface area (Å²) in [5, 5.41) is 4.14. The number of thiophene rings is 1. The van der Waals surface area contributed by atoms with Crippen LogP contribution in [0.1, 0.15) is 18.4 Å². The minimum Gasteiger partial charge on any atom is -0.470 e. The van der Waals surface area contributed by atoms with Gasteiger partial charge in [0.2, 0.25) is 0 Å². The molecule has 1 fully saturated rings. The van der Waals surface area contributed by atoms with E-state index in [0.717, 1.165) is 18.9 Å². The van der Waals surface area contributed by atoms with E-state index in [0.29, 0.717) is 12.5 Å². The van der Waals surface area contributed by atoms with Crippen LogP contribution in [0.25, 0.3) is 0 Å². The molecule has 0 unspecified atom stereocenters. The van der Waals surface area contributed by atoms with Gasteiger partial charge in [0.05, 0.1) is 0 Å². The monoisotopic (exact) mass is 261 g/mol. The Labute approximate surface area is 110 Å². The van der Waals surface area contributed by atoms with E-state index in [1.54, 1.807) is 23.7 Å². The summed E-state index contributed by atoms with van der Waals surface area (Å²) in [4.78, 5) is 10.9. The zero-order valence-electron chi connectivity index (χ0n) is 10.1. The van der Waals surface area contributed by atoms with E-state index < -0.39 is 0 Å². The molecule has 0 saturated carbocycles. The van der Waals surface area contributed by atoms with Crippen LogP contribution in [0.3, 0.4) is 0 Å². The molecule has 0 amide bonds. The summed E-state index contributed by atoms with van der Waals surface area (Å²) in [5.41, 5.74) is 1.18. The zero-order chi connectivity index (χ0) is 12.2. The minimum absolute atomic E-state index is 0.559. The van der Waals surface area contributed by atoms with Crippen LogP contribution in [0.2, 0.25) is 0 Å². The van der Waals surface area contributed by atoms with E-state index in [1.165, 1.54) is 18.4 Å². The highest BCUT2D eigenvalue weighted by molar-refractivity contribution is 7.07.